The first-order chi connectivity index (χ1) is 10.6. The Labute approximate surface area is 136 Å². The van der Waals surface area contributed by atoms with Crippen LogP contribution in [0.4, 0.5) is 5.69 Å². The summed E-state index contributed by atoms with van der Waals surface area (Å²) in [6.07, 6.45) is 3.57. The predicted molar refractivity (Wildman–Crippen MR) is 89.9 cm³/mol. The molecule has 0 fully saturated rings. The first-order valence-corrected chi connectivity index (χ1v) is 8.19. The fraction of sp³-hybridized carbons (Fsp3) is 0.125. The van der Waals surface area contributed by atoms with Crippen LogP contribution in [0.1, 0.15) is 16.1 Å². The van der Waals surface area contributed by atoms with E-state index in [0.29, 0.717) is 16.3 Å². The Kier molecular flexibility index (Phi) is 4.09. The Bertz CT molecular complexity index is 843. The third kappa shape index (κ3) is 2.82. The number of fused-ring (bicyclic) bond motifs is 1. The van der Waals surface area contributed by atoms with Gasteiger partial charge < -0.3 is 9.73 Å². The number of carbonyl (C=O) groups is 1. The second-order valence-electron chi connectivity index (χ2n) is 4.74. The van der Waals surface area contributed by atoms with E-state index in [0.717, 1.165) is 16.0 Å². The number of rotatable bonds is 3. The summed E-state index contributed by atoms with van der Waals surface area (Å²) in [6.45, 7) is 1.84. The van der Waals surface area contributed by atoms with Crippen LogP contribution in [0.2, 0.25) is 5.02 Å². The van der Waals surface area contributed by atoms with Crippen LogP contribution in [0.3, 0.4) is 0 Å². The summed E-state index contributed by atoms with van der Waals surface area (Å²) in [6, 6.07) is 8.95. The number of halogens is 1. The number of thioether (sulfide) groups is 1. The van der Waals surface area contributed by atoms with E-state index in [9.17, 15) is 4.79 Å². The Morgan fingerprint density at radius 1 is 1.32 bits per heavy atom. The molecule has 0 saturated carbocycles. The highest BCUT2D eigenvalue weighted by atomic mass is 35.5. The van der Waals surface area contributed by atoms with Gasteiger partial charge in [-0.3, -0.25) is 4.79 Å². The molecule has 22 heavy (non-hydrogen) atoms. The van der Waals surface area contributed by atoms with Crippen LogP contribution in [0.25, 0.3) is 11.0 Å². The molecule has 1 aromatic carbocycles. The SMILES string of the molecule is CSc1ccc(NC(=O)c2oc3ccc(Cl)cc3c2C)cn1. The topological polar surface area (TPSA) is 55.1 Å². The number of anilines is 1. The zero-order chi connectivity index (χ0) is 15.7. The fourth-order valence-electron chi connectivity index (χ4n) is 2.17. The normalized spacial score (nSPS) is 10.9. The summed E-state index contributed by atoms with van der Waals surface area (Å²) in [7, 11) is 0. The molecule has 0 radical (unpaired) electrons. The standard InChI is InChI=1S/C16H13ClN2O2S/c1-9-12-7-10(17)3-5-13(12)21-15(9)16(20)19-11-4-6-14(22-2)18-8-11/h3-8H,1-2H3,(H,19,20). The molecule has 0 atom stereocenters. The van der Waals surface area contributed by atoms with E-state index in [-0.39, 0.29) is 11.7 Å². The number of furan rings is 1. The van der Waals surface area contributed by atoms with Crippen molar-refractivity contribution >= 4 is 45.9 Å². The number of carbonyl (C=O) groups excluding carboxylic acids is 1. The van der Waals surface area contributed by atoms with Crippen molar-refractivity contribution in [1.82, 2.24) is 4.98 Å². The molecule has 1 N–H and O–H groups in total. The lowest BCUT2D eigenvalue weighted by Crippen LogP contribution is -2.12. The average molecular weight is 333 g/mol. The summed E-state index contributed by atoms with van der Waals surface area (Å²) in [5, 5.41) is 5.14. The number of aromatic nitrogens is 1. The zero-order valence-corrected chi connectivity index (χ0v) is 13.6. The monoisotopic (exact) mass is 332 g/mol. The first-order valence-electron chi connectivity index (χ1n) is 6.58. The number of aryl methyl sites for hydroxylation is 1. The smallest absolute Gasteiger partial charge is 0.291 e. The minimum Gasteiger partial charge on any atom is -0.451 e. The third-order valence-corrected chi connectivity index (χ3v) is 4.20. The first kappa shape index (κ1) is 14.9. The lowest BCUT2D eigenvalue weighted by atomic mass is 10.1. The van der Waals surface area contributed by atoms with Crippen LogP contribution in [-0.2, 0) is 0 Å². The van der Waals surface area contributed by atoms with Gasteiger partial charge >= 0.3 is 0 Å². The molecule has 2 heterocycles. The van der Waals surface area contributed by atoms with E-state index in [1.54, 1.807) is 36.2 Å². The highest BCUT2D eigenvalue weighted by molar-refractivity contribution is 7.98. The Morgan fingerprint density at radius 2 is 2.14 bits per heavy atom. The van der Waals surface area contributed by atoms with E-state index >= 15 is 0 Å². The highest BCUT2D eigenvalue weighted by Crippen LogP contribution is 2.28. The molecule has 4 nitrogen and oxygen atoms in total. The van der Waals surface area contributed by atoms with Gasteiger partial charge in [0.25, 0.3) is 5.91 Å². The molecule has 1 amide bonds. The molecule has 0 aliphatic heterocycles. The largest absolute Gasteiger partial charge is 0.451 e. The molecule has 112 valence electrons. The molecule has 0 bridgehead atoms. The maximum atomic E-state index is 12.4. The molecule has 0 unspecified atom stereocenters. The van der Waals surface area contributed by atoms with Crippen molar-refractivity contribution in [1.29, 1.82) is 0 Å². The molecular formula is C16H13ClN2O2S. The van der Waals surface area contributed by atoms with Gasteiger partial charge in [0, 0.05) is 16.0 Å². The quantitative estimate of drug-likeness (QED) is 0.702. The van der Waals surface area contributed by atoms with Gasteiger partial charge in [-0.2, -0.15) is 0 Å². The van der Waals surface area contributed by atoms with Crippen LogP contribution in [-0.4, -0.2) is 17.1 Å². The lowest BCUT2D eigenvalue weighted by Gasteiger charge is -2.04. The van der Waals surface area contributed by atoms with Crippen LogP contribution in [0.5, 0.6) is 0 Å². The molecule has 0 spiro atoms. The van der Waals surface area contributed by atoms with Crippen molar-refractivity contribution in [2.75, 3.05) is 11.6 Å². The Balaban J connectivity index is 1.89. The summed E-state index contributed by atoms with van der Waals surface area (Å²) < 4.78 is 5.64. The summed E-state index contributed by atoms with van der Waals surface area (Å²) in [4.78, 5) is 16.6. The van der Waals surface area contributed by atoms with Crippen molar-refractivity contribution in [3.63, 3.8) is 0 Å². The summed E-state index contributed by atoms with van der Waals surface area (Å²) >= 11 is 7.53. The van der Waals surface area contributed by atoms with Crippen molar-refractivity contribution in [3.8, 4) is 0 Å². The maximum absolute atomic E-state index is 12.4. The van der Waals surface area contributed by atoms with Gasteiger partial charge in [-0.05, 0) is 43.5 Å². The Hall–Kier alpha value is -1.98. The van der Waals surface area contributed by atoms with Crippen LogP contribution < -0.4 is 5.32 Å². The van der Waals surface area contributed by atoms with Crippen LogP contribution >= 0.6 is 23.4 Å². The maximum Gasteiger partial charge on any atom is 0.291 e. The number of hydrogen-bond donors (Lipinski definition) is 1. The van der Waals surface area contributed by atoms with Gasteiger partial charge in [-0.1, -0.05) is 11.6 Å². The van der Waals surface area contributed by atoms with Gasteiger partial charge in [0.1, 0.15) is 5.58 Å². The van der Waals surface area contributed by atoms with E-state index in [4.69, 9.17) is 16.0 Å². The Morgan fingerprint density at radius 3 is 2.82 bits per heavy atom. The van der Waals surface area contributed by atoms with Crippen molar-refractivity contribution < 1.29 is 9.21 Å². The third-order valence-electron chi connectivity index (χ3n) is 3.31. The molecule has 6 heteroatoms. The van der Waals surface area contributed by atoms with Crippen LogP contribution in [0, 0.1) is 6.92 Å². The van der Waals surface area contributed by atoms with Gasteiger partial charge in [0.15, 0.2) is 5.76 Å². The minimum atomic E-state index is -0.302. The minimum absolute atomic E-state index is 0.284. The van der Waals surface area contributed by atoms with E-state index in [2.05, 4.69) is 10.3 Å². The molecule has 2 aromatic heterocycles. The zero-order valence-electron chi connectivity index (χ0n) is 12.0. The van der Waals surface area contributed by atoms with E-state index in [1.165, 1.54) is 0 Å². The van der Waals surface area contributed by atoms with E-state index < -0.39 is 0 Å². The second kappa shape index (κ2) is 6.02. The highest BCUT2D eigenvalue weighted by Gasteiger charge is 2.18. The molecule has 3 aromatic rings. The van der Waals surface area contributed by atoms with Gasteiger partial charge in [0.05, 0.1) is 16.9 Å². The molecule has 3 rings (SSSR count). The molecule has 0 aliphatic rings. The number of nitrogens with zero attached hydrogens (tertiary/aromatic N) is 1. The molecule has 0 aliphatic carbocycles. The summed E-state index contributed by atoms with van der Waals surface area (Å²) in [5.74, 6) is -0.0188. The van der Waals surface area contributed by atoms with Crippen molar-refractivity contribution in [2.45, 2.75) is 11.9 Å². The number of nitrogens with one attached hydrogen (secondary N) is 1. The predicted octanol–water partition coefficient (Wildman–Crippen LogP) is 4.76. The number of amides is 1. The lowest BCUT2D eigenvalue weighted by molar-refractivity contribution is 0.0998. The van der Waals surface area contributed by atoms with Crippen molar-refractivity contribution in [3.05, 3.63) is 52.9 Å². The van der Waals surface area contributed by atoms with E-state index in [1.807, 2.05) is 25.3 Å². The van der Waals surface area contributed by atoms with Gasteiger partial charge in [0.2, 0.25) is 0 Å². The van der Waals surface area contributed by atoms with Gasteiger partial charge in [-0.25, -0.2) is 4.98 Å². The van der Waals surface area contributed by atoms with Crippen LogP contribution in [0.15, 0.2) is 46.0 Å². The second-order valence-corrected chi connectivity index (χ2v) is 6.00. The number of pyridine rings is 1. The summed E-state index contributed by atoms with van der Waals surface area (Å²) in [5.41, 5.74) is 2.03. The average Bonchev–Trinajstić information content (AvgIpc) is 2.85. The number of hydrogen-bond acceptors (Lipinski definition) is 4. The molecule has 0 saturated heterocycles. The fourth-order valence-corrected chi connectivity index (χ4v) is 2.71. The molecular weight excluding hydrogens is 320 g/mol. The van der Waals surface area contributed by atoms with Crippen molar-refractivity contribution in [2.24, 2.45) is 0 Å². The number of benzene rings is 1. The van der Waals surface area contributed by atoms with Gasteiger partial charge in [-0.15, -0.1) is 11.8 Å².